The summed E-state index contributed by atoms with van der Waals surface area (Å²) in [4.78, 5) is 37.0. The van der Waals surface area contributed by atoms with Gasteiger partial charge in [-0.2, -0.15) is 5.10 Å². The van der Waals surface area contributed by atoms with Crippen molar-refractivity contribution in [2.45, 2.75) is 0 Å². The van der Waals surface area contributed by atoms with Crippen LogP contribution in [0.1, 0.15) is 10.5 Å². The van der Waals surface area contributed by atoms with E-state index in [0.717, 1.165) is 4.68 Å². The first-order chi connectivity index (χ1) is 8.97. The van der Waals surface area contributed by atoms with E-state index >= 15 is 0 Å². The highest BCUT2D eigenvalue weighted by Crippen LogP contribution is 2.10. The number of hydrogen-bond acceptors (Lipinski definition) is 4. The molecule has 2 N–H and O–H groups in total. The Morgan fingerprint density at radius 1 is 1.42 bits per heavy atom. The van der Waals surface area contributed by atoms with Gasteiger partial charge in [-0.3, -0.25) is 14.4 Å². The summed E-state index contributed by atoms with van der Waals surface area (Å²) in [5.74, 6) is -0.570. The second kappa shape index (κ2) is 5.19. The summed E-state index contributed by atoms with van der Waals surface area (Å²) >= 11 is 3.18. The van der Waals surface area contributed by atoms with Crippen molar-refractivity contribution in [3.63, 3.8) is 0 Å². The van der Waals surface area contributed by atoms with Crippen molar-refractivity contribution in [1.82, 2.24) is 14.8 Å². The van der Waals surface area contributed by atoms with Crippen molar-refractivity contribution >= 4 is 27.5 Å². The average Bonchev–Trinajstić information content (AvgIpc) is 2.37. The molecule has 98 valence electrons. The number of halogens is 1. The second-order valence-electron chi connectivity index (χ2n) is 3.70. The average molecular weight is 325 g/mol. The van der Waals surface area contributed by atoms with Crippen LogP contribution < -0.4 is 16.4 Å². The predicted molar refractivity (Wildman–Crippen MR) is 72.2 cm³/mol. The van der Waals surface area contributed by atoms with Gasteiger partial charge in [0.1, 0.15) is 11.4 Å². The topological polar surface area (TPSA) is 96.8 Å². The van der Waals surface area contributed by atoms with Crippen molar-refractivity contribution in [2.24, 2.45) is 7.05 Å². The SMILES string of the molecule is Cn1nc(C(=O)Nc2cc(Br)c[nH]c2=O)ccc1=O. The van der Waals surface area contributed by atoms with Crippen molar-refractivity contribution in [1.29, 1.82) is 0 Å². The Morgan fingerprint density at radius 2 is 2.16 bits per heavy atom. The molecule has 19 heavy (non-hydrogen) atoms. The van der Waals surface area contributed by atoms with E-state index in [2.05, 4.69) is 31.3 Å². The molecule has 8 heteroatoms. The fraction of sp³-hybridized carbons (Fsp3) is 0.0909. The molecule has 1 amide bonds. The maximum atomic E-state index is 11.9. The van der Waals surface area contributed by atoms with Gasteiger partial charge >= 0.3 is 0 Å². The highest BCUT2D eigenvalue weighted by Gasteiger charge is 2.11. The third kappa shape index (κ3) is 2.97. The van der Waals surface area contributed by atoms with Crippen LogP contribution in [0, 0.1) is 0 Å². The minimum absolute atomic E-state index is 0.0430. The normalized spacial score (nSPS) is 10.2. The third-order valence-corrected chi connectivity index (χ3v) is 2.77. The molecular formula is C11H9BrN4O3. The molecular weight excluding hydrogens is 316 g/mol. The first kappa shape index (κ1) is 13.2. The number of amides is 1. The summed E-state index contributed by atoms with van der Waals surface area (Å²) in [6, 6.07) is 4.00. The van der Waals surface area contributed by atoms with Crippen LogP contribution >= 0.6 is 15.9 Å². The highest BCUT2D eigenvalue weighted by atomic mass is 79.9. The van der Waals surface area contributed by atoms with Crippen LogP contribution in [0.25, 0.3) is 0 Å². The summed E-state index contributed by atoms with van der Waals surface area (Å²) in [5, 5.41) is 6.21. The van der Waals surface area contributed by atoms with Crippen LogP contribution in [0.5, 0.6) is 0 Å². The van der Waals surface area contributed by atoms with Gasteiger partial charge in [0.15, 0.2) is 0 Å². The van der Waals surface area contributed by atoms with Crippen LogP contribution in [-0.2, 0) is 7.05 Å². The van der Waals surface area contributed by atoms with Crippen molar-refractivity contribution in [2.75, 3.05) is 5.32 Å². The Balaban J connectivity index is 2.30. The molecule has 0 aromatic carbocycles. The van der Waals surface area contributed by atoms with Crippen molar-refractivity contribution < 1.29 is 4.79 Å². The Bertz CT molecular complexity index is 750. The standard InChI is InChI=1S/C11H9BrN4O3/c1-16-9(17)3-2-7(15-16)11(19)14-8-4-6(12)5-13-10(8)18/h2-5H,1H3,(H,13,18)(H,14,19). The number of nitrogens with one attached hydrogen (secondary N) is 2. The minimum Gasteiger partial charge on any atom is -0.326 e. The summed E-state index contributed by atoms with van der Waals surface area (Å²) in [7, 11) is 1.44. The van der Waals surface area contributed by atoms with Gasteiger partial charge in [0.25, 0.3) is 17.0 Å². The fourth-order valence-corrected chi connectivity index (χ4v) is 1.70. The molecule has 2 aromatic rings. The number of rotatable bonds is 2. The van der Waals surface area contributed by atoms with Crippen LogP contribution in [-0.4, -0.2) is 20.7 Å². The third-order valence-electron chi connectivity index (χ3n) is 2.31. The molecule has 0 saturated carbocycles. The second-order valence-corrected chi connectivity index (χ2v) is 4.61. The minimum atomic E-state index is -0.570. The zero-order chi connectivity index (χ0) is 14.0. The number of nitrogens with zero attached hydrogens (tertiary/aromatic N) is 2. The summed E-state index contributed by atoms with van der Waals surface area (Å²) in [6.07, 6.45) is 1.46. The van der Waals surface area contributed by atoms with E-state index in [1.165, 1.54) is 31.4 Å². The van der Waals surface area contributed by atoms with Gasteiger partial charge in [-0.05, 0) is 28.1 Å². The molecule has 0 bridgehead atoms. The lowest BCUT2D eigenvalue weighted by molar-refractivity contribution is 0.102. The zero-order valence-corrected chi connectivity index (χ0v) is 11.4. The maximum absolute atomic E-state index is 11.9. The molecule has 0 fully saturated rings. The van der Waals surface area contributed by atoms with Crippen LogP contribution in [0.2, 0.25) is 0 Å². The molecule has 0 aliphatic heterocycles. The number of carbonyl (C=O) groups excluding carboxylic acids is 1. The van der Waals surface area contributed by atoms with Crippen molar-refractivity contribution in [3.8, 4) is 0 Å². The smallest absolute Gasteiger partial charge is 0.276 e. The maximum Gasteiger partial charge on any atom is 0.276 e. The number of carbonyl (C=O) groups is 1. The van der Waals surface area contributed by atoms with Crippen LogP contribution in [0.4, 0.5) is 5.69 Å². The van der Waals surface area contributed by atoms with E-state index in [9.17, 15) is 14.4 Å². The Kier molecular flexibility index (Phi) is 3.61. The highest BCUT2D eigenvalue weighted by molar-refractivity contribution is 9.10. The molecule has 0 aliphatic rings. The Morgan fingerprint density at radius 3 is 2.84 bits per heavy atom. The van der Waals surface area contributed by atoms with Gasteiger partial charge in [-0.1, -0.05) is 0 Å². The number of hydrogen-bond donors (Lipinski definition) is 2. The quantitative estimate of drug-likeness (QED) is 0.839. The largest absolute Gasteiger partial charge is 0.326 e. The van der Waals surface area contributed by atoms with Gasteiger partial charge in [0.2, 0.25) is 0 Å². The molecule has 2 aromatic heterocycles. The monoisotopic (exact) mass is 324 g/mol. The lowest BCUT2D eigenvalue weighted by atomic mass is 10.3. The zero-order valence-electron chi connectivity index (χ0n) is 9.81. The van der Waals surface area contributed by atoms with Gasteiger partial charge in [-0.15, -0.1) is 0 Å². The summed E-state index contributed by atoms with van der Waals surface area (Å²) in [5.41, 5.74) is -0.616. The van der Waals surface area contributed by atoms with Crippen molar-refractivity contribution in [3.05, 3.63) is 55.3 Å². The molecule has 0 unspecified atom stereocenters. The molecule has 0 radical (unpaired) electrons. The predicted octanol–water partition coefficient (Wildman–Crippen LogP) is 0.483. The molecule has 0 atom stereocenters. The number of aromatic amines is 1. The van der Waals surface area contributed by atoms with Gasteiger partial charge in [-0.25, -0.2) is 4.68 Å². The molecule has 2 heterocycles. The van der Waals surface area contributed by atoms with E-state index in [1.54, 1.807) is 0 Å². The number of anilines is 1. The number of aryl methyl sites for hydroxylation is 1. The Labute approximate surface area is 115 Å². The van der Waals surface area contributed by atoms with E-state index < -0.39 is 11.5 Å². The Hall–Kier alpha value is -2.22. The number of H-pyrrole nitrogens is 1. The first-order valence-electron chi connectivity index (χ1n) is 5.21. The fourth-order valence-electron chi connectivity index (χ4n) is 1.36. The molecule has 7 nitrogen and oxygen atoms in total. The van der Waals surface area contributed by atoms with E-state index in [1.807, 2.05) is 0 Å². The van der Waals surface area contributed by atoms with Crippen LogP contribution in [0.3, 0.4) is 0 Å². The van der Waals surface area contributed by atoms with Gasteiger partial charge in [0.05, 0.1) is 0 Å². The molecule has 0 aliphatic carbocycles. The molecule has 2 rings (SSSR count). The molecule has 0 saturated heterocycles. The van der Waals surface area contributed by atoms with E-state index in [-0.39, 0.29) is 16.9 Å². The number of aromatic nitrogens is 3. The number of pyridine rings is 1. The lowest BCUT2D eigenvalue weighted by Crippen LogP contribution is -2.25. The molecule has 0 spiro atoms. The first-order valence-corrected chi connectivity index (χ1v) is 6.00. The van der Waals surface area contributed by atoms with Gasteiger partial charge < -0.3 is 10.3 Å². The van der Waals surface area contributed by atoms with E-state index in [0.29, 0.717) is 4.47 Å². The van der Waals surface area contributed by atoms with E-state index in [4.69, 9.17) is 0 Å². The van der Waals surface area contributed by atoms with Gasteiger partial charge in [0, 0.05) is 23.8 Å². The lowest BCUT2D eigenvalue weighted by Gasteiger charge is -2.04. The van der Waals surface area contributed by atoms with Crippen LogP contribution in [0.15, 0.2) is 38.5 Å². The summed E-state index contributed by atoms with van der Waals surface area (Å²) in [6.45, 7) is 0. The summed E-state index contributed by atoms with van der Waals surface area (Å²) < 4.78 is 1.66.